The summed E-state index contributed by atoms with van der Waals surface area (Å²) in [6, 6.07) is 8.31. The van der Waals surface area contributed by atoms with E-state index >= 15 is 0 Å². The van der Waals surface area contributed by atoms with Gasteiger partial charge in [0.05, 0.1) is 15.5 Å². The van der Waals surface area contributed by atoms with Crippen LogP contribution in [0.15, 0.2) is 29.3 Å². The SMILES string of the molecule is Cc1ccc(-c2nnc(SCC(=O)N3CCCCCC3)c3nc(C)sc23)cc1. The molecule has 3 heterocycles. The third-order valence-corrected chi connectivity index (χ3v) is 6.93. The Kier molecular flexibility index (Phi) is 5.92. The molecule has 0 atom stereocenters. The summed E-state index contributed by atoms with van der Waals surface area (Å²) in [6.45, 7) is 5.83. The number of hydrogen-bond donors (Lipinski definition) is 0. The van der Waals surface area contributed by atoms with Gasteiger partial charge in [-0.1, -0.05) is 54.4 Å². The van der Waals surface area contributed by atoms with Crippen LogP contribution in [0.1, 0.15) is 36.3 Å². The highest BCUT2D eigenvalue weighted by Gasteiger charge is 2.19. The lowest BCUT2D eigenvalue weighted by Gasteiger charge is -2.19. The maximum absolute atomic E-state index is 12.6. The van der Waals surface area contributed by atoms with E-state index in [1.807, 2.05) is 11.8 Å². The van der Waals surface area contributed by atoms with E-state index in [0.29, 0.717) is 5.75 Å². The van der Waals surface area contributed by atoms with Gasteiger partial charge in [0.25, 0.3) is 0 Å². The molecule has 28 heavy (non-hydrogen) atoms. The number of hydrogen-bond acceptors (Lipinski definition) is 6. The van der Waals surface area contributed by atoms with Gasteiger partial charge in [-0.25, -0.2) is 4.98 Å². The van der Waals surface area contributed by atoms with Gasteiger partial charge in [-0.05, 0) is 26.7 Å². The molecule has 5 nitrogen and oxygen atoms in total. The van der Waals surface area contributed by atoms with Gasteiger partial charge in [0.2, 0.25) is 5.91 Å². The molecule has 1 aromatic carbocycles. The van der Waals surface area contributed by atoms with Gasteiger partial charge < -0.3 is 4.90 Å². The van der Waals surface area contributed by atoms with E-state index in [1.54, 1.807) is 11.3 Å². The predicted molar refractivity (Wildman–Crippen MR) is 116 cm³/mol. The van der Waals surface area contributed by atoms with Crippen molar-refractivity contribution in [1.82, 2.24) is 20.1 Å². The Hall–Kier alpha value is -1.99. The van der Waals surface area contributed by atoms with E-state index in [-0.39, 0.29) is 5.91 Å². The molecule has 4 rings (SSSR count). The lowest BCUT2D eigenvalue weighted by atomic mass is 10.1. The molecule has 0 bridgehead atoms. The third-order valence-electron chi connectivity index (χ3n) is 5.01. The van der Waals surface area contributed by atoms with Crippen molar-refractivity contribution in [2.24, 2.45) is 0 Å². The first-order chi connectivity index (χ1) is 13.6. The molecule has 0 saturated carbocycles. The van der Waals surface area contributed by atoms with Crippen LogP contribution >= 0.6 is 23.1 Å². The average Bonchev–Trinajstić information content (AvgIpc) is 2.91. The zero-order valence-electron chi connectivity index (χ0n) is 16.3. The molecule has 146 valence electrons. The Labute approximate surface area is 173 Å². The molecule has 2 aromatic heterocycles. The largest absolute Gasteiger partial charge is 0.342 e. The summed E-state index contributed by atoms with van der Waals surface area (Å²) < 4.78 is 1.04. The second-order valence-corrected chi connectivity index (χ2v) is 9.38. The molecular weight excluding hydrogens is 388 g/mol. The van der Waals surface area contributed by atoms with Crippen LogP contribution in [0.25, 0.3) is 21.5 Å². The molecule has 1 saturated heterocycles. The van der Waals surface area contributed by atoms with Crippen molar-refractivity contribution < 1.29 is 4.79 Å². The molecular formula is C21H24N4OS2. The van der Waals surface area contributed by atoms with Gasteiger partial charge >= 0.3 is 0 Å². The number of benzene rings is 1. The number of thiazole rings is 1. The molecule has 3 aromatic rings. The second kappa shape index (κ2) is 8.57. The zero-order chi connectivity index (χ0) is 19.5. The van der Waals surface area contributed by atoms with Gasteiger partial charge in [-0.15, -0.1) is 21.5 Å². The second-order valence-electron chi connectivity index (χ2n) is 7.21. The van der Waals surface area contributed by atoms with Crippen molar-refractivity contribution in [2.75, 3.05) is 18.8 Å². The fourth-order valence-electron chi connectivity index (χ4n) is 3.46. The molecule has 7 heteroatoms. The van der Waals surface area contributed by atoms with Crippen LogP contribution in [-0.2, 0) is 4.79 Å². The topological polar surface area (TPSA) is 59.0 Å². The van der Waals surface area contributed by atoms with Crippen LogP contribution in [-0.4, -0.2) is 44.8 Å². The van der Waals surface area contributed by atoms with Crippen LogP contribution in [0.2, 0.25) is 0 Å². The van der Waals surface area contributed by atoms with Crippen molar-refractivity contribution in [2.45, 2.75) is 44.6 Å². The van der Waals surface area contributed by atoms with E-state index in [2.05, 4.69) is 41.4 Å². The van der Waals surface area contributed by atoms with E-state index < -0.39 is 0 Å². The van der Waals surface area contributed by atoms with Gasteiger partial charge in [-0.2, -0.15) is 0 Å². The summed E-state index contributed by atoms with van der Waals surface area (Å²) in [5.74, 6) is 0.584. The summed E-state index contributed by atoms with van der Waals surface area (Å²) in [5.41, 5.74) is 3.99. The number of nitrogens with zero attached hydrogens (tertiary/aromatic N) is 4. The Morgan fingerprint density at radius 1 is 1.07 bits per heavy atom. The fraction of sp³-hybridized carbons (Fsp3) is 0.429. The van der Waals surface area contributed by atoms with Gasteiger partial charge in [0.15, 0.2) is 0 Å². The summed E-state index contributed by atoms with van der Waals surface area (Å²) in [7, 11) is 0. The molecule has 1 aliphatic rings. The standard InChI is InChI=1S/C21H24N4OS2/c1-14-7-9-16(10-8-14)18-20-19(22-15(2)28-20)21(24-23-18)27-13-17(26)25-11-5-3-4-6-12-25/h7-10H,3-6,11-13H2,1-2H3. The minimum absolute atomic E-state index is 0.191. The average molecular weight is 413 g/mol. The van der Waals surface area contributed by atoms with Gasteiger partial charge in [0, 0.05) is 18.7 Å². The van der Waals surface area contributed by atoms with Crippen molar-refractivity contribution in [1.29, 1.82) is 0 Å². The van der Waals surface area contributed by atoms with Crippen molar-refractivity contribution in [3.05, 3.63) is 34.8 Å². The summed E-state index contributed by atoms with van der Waals surface area (Å²) >= 11 is 3.09. The zero-order valence-corrected chi connectivity index (χ0v) is 17.9. The van der Waals surface area contributed by atoms with Crippen molar-refractivity contribution in [3.8, 4) is 11.3 Å². The quantitative estimate of drug-likeness (QED) is 0.573. The Morgan fingerprint density at radius 3 is 2.50 bits per heavy atom. The number of thioether (sulfide) groups is 1. The van der Waals surface area contributed by atoms with Crippen molar-refractivity contribution in [3.63, 3.8) is 0 Å². The summed E-state index contributed by atoms with van der Waals surface area (Å²) in [5, 5.41) is 10.7. The fourth-order valence-corrected chi connectivity index (χ4v) is 5.28. The van der Waals surface area contributed by atoms with Crippen LogP contribution in [0, 0.1) is 13.8 Å². The minimum Gasteiger partial charge on any atom is -0.342 e. The Morgan fingerprint density at radius 2 is 1.79 bits per heavy atom. The Bertz CT molecular complexity index is 976. The number of carbonyl (C=O) groups is 1. The normalized spacial score (nSPS) is 15.0. The highest BCUT2D eigenvalue weighted by molar-refractivity contribution is 8.00. The lowest BCUT2D eigenvalue weighted by molar-refractivity contribution is -0.128. The van der Waals surface area contributed by atoms with Crippen molar-refractivity contribution >= 4 is 39.2 Å². The van der Waals surface area contributed by atoms with Gasteiger partial charge in [0.1, 0.15) is 16.2 Å². The number of likely N-dealkylation sites (tertiary alicyclic amines) is 1. The number of fused-ring (bicyclic) bond motifs is 1. The van der Waals surface area contributed by atoms with Crippen LogP contribution in [0.5, 0.6) is 0 Å². The summed E-state index contributed by atoms with van der Waals surface area (Å²) in [6.07, 6.45) is 4.66. The van der Waals surface area contributed by atoms with E-state index in [4.69, 9.17) is 4.98 Å². The molecule has 0 unspecified atom stereocenters. The monoisotopic (exact) mass is 412 g/mol. The smallest absolute Gasteiger partial charge is 0.232 e. The maximum Gasteiger partial charge on any atom is 0.232 e. The number of carbonyl (C=O) groups excluding carboxylic acids is 1. The number of aromatic nitrogens is 3. The molecule has 0 aliphatic carbocycles. The Balaban J connectivity index is 1.57. The number of rotatable bonds is 4. The molecule has 1 amide bonds. The number of amides is 1. The highest BCUT2D eigenvalue weighted by Crippen LogP contribution is 2.35. The first-order valence-corrected chi connectivity index (χ1v) is 11.5. The van der Waals surface area contributed by atoms with Crippen LogP contribution in [0.3, 0.4) is 0 Å². The third kappa shape index (κ3) is 4.20. The van der Waals surface area contributed by atoms with E-state index in [1.165, 1.54) is 30.2 Å². The molecule has 1 fully saturated rings. The first-order valence-electron chi connectivity index (χ1n) is 9.73. The molecule has 0 N–H and O–H groups in total. The van der Waals surface area contributed by atoms with Gasteiger partial charge in [-0.3, -0.25) is 4.79 Å². The lowest BCUT2D eigenvalue weighted by Crippen LogP contribution is -2.33. The van der Waals surface area contributed by atoms with E-state index in [9.17, 15) is 4.79 Å². The highest BCUT2D eigenvalue weighted by atomic mass is 32.2. The van der Waals surface area contributed by atoms with Crippen LogP contribution < -0.4 is 0 Å². The summed E-state index contributed by atoms with van der Waals surface area (Å²) in [4.78, 5) is 19.3. The van der Waals surface area contributed by atoms with E-state index in [0.717, 1.165) is 57.4 Å². The minimum atomic E-state index is 0.191. The molecule has 1 aliphatic heterocycles. The number of aryl methyl sites for hydroxylation is 2. The molecule has 0 spiro atoms. The molecule has 0 radical (unpaired) electrons. The maximum atomic E-state index is 12.6. The first kappa shape index (κ1) is 19.3. The predicted octanol–water partition coefficient (Wildman–Crippen LogP) is 4.86. The van der Waals surface area contributed by atoms with Crippen LogP contribution in [0.4, 0.5) is 0 Å².